The predicted molar refractivity (Wildman–Crippen MR) is 98.7 cm³/mol. The topological polar surface area (TPSA) is 84.0 Å². The van der Waals surface area contributed by atoms with Gasteiger partial charge in [0.2, 0.25) is 5.91 Å². The van der Waals surface area contributed by atoms with Crippen LogP contribution in [-0.4, -0.2) is 46.3 Å². The summed E-state index contributed by atoms with van der Waals surface area (Å²) in [5.74, 6) is -1.50. The number of nitrogens with zero attached hydrogens (tertiary/aromatic N) is 2. The summed E-state index contributed by atoms with van der Waals surface area (Å²) in [6.07, 6.45) is 5.17. The van der Waals surface area contributed by atoms with Gasteiger partial charge < -0.3 is 9.64 Å². The first kappa shape index (κ1) is 18.7. The second-order valence-corrected chi connectivity index (χ2v) is 7.73. The predicted octanol–water partition coefficient (Wildman–Crippen LogP) is 2.24. The van der Waals surface area contributed by atoms with E-state index in [0.717, 1.165) is 42.6 Å². The number of amides is 3. The van der Waals surface area contributed by atoms with Crippen molar-refractivity contribution in [3.8, 4) is 0 Å². The Balaban J connectivity index is 1.42. The minimum atomic E-state index is -0.703. The van der Waals surface area contributed by atoms with Crippen LogP contribution in [0.25, 0.3) is 0 Å². The highest BCUT2D eigenvalue weighted by Gasteiger charge is 2.43. The second kappa shape index (κ2) is 7.73. The standard InChI is InChI=1S/C21H24N2O5/c24-18-11-10-17(22-12-15-8-4-5-9-16(15)19(22)25)20(26)23(18)13-28-21(27)14-6-2-1-3-7-14/h4-5,8-9,14,17H,1-3,6-7,10-13H2. The van der Waals surface area contributed by atoms with E-state index < -0.39 is 11.9 Å². The zero-order valence-electron chi connectivity index (χ0n) is 15.8. The summed E-state index contributed by atoms with van der Waals surface area (Å²) in [6, 6.07) is 6.57. The highest BCUT2D eigenvalue weighted by atomic mass is 16.5. The summed E-state index contributed by atoms with van der Waals surface area (Å²) >= 11 is 0. The van der Waals surface area contributed by atoms with E-state index in [1.807, 2.05) is 12.1 Å². The van der Waals surface area contributed by atoms with Crippen molar-refractivity contribution in [2.75, 3.05) is 6.73 Å². The SMILES string of the molecule is O=C(OCN1C(=O)CCC(N2Cc3ccccc3C2=O)C1=O)C1CCCCC1. The maximum absolute atomic E-state index is 12.9. The quantitative estimate of drug-likeness (QED) is 0.587. The number of imide groups is 1. The van der Waals surface area contributed by atoms with Crippen LogP contribution in [0.3, 0.4) is 0 Å². The average Bonchev–Trinajstić information content (AvgIpc) is 3.05. The van der Waals surface area contributed by atoms with Crippen LogP contribution in [0.5, 0.6) is 0 Å². The van der Waals surface area contributed by atoms with Gasteiger partial charge in [-0.3, -0.25) is 19.2 Å². The fourth-order valence-electron chi connectivity index (χ4n) is 4.36. The number of hydrogen-bond acceptors (Lipinski definition) is 5. The minimum absolute atomic E-state index is 0.144. The molecular weight excluding hydrogens is 360 g/mol. The lowest BCUT2D eigenvalue weighted by Gasteiger charge is -2.35. The average molecular weight is 384 g/mol. The molecule has 2 fully saturated rings. The Morgan fingerprint density at radius 3 is 2.54 bits per heavy atom. The first-order chi connectivity index (χ1) is 13.6. The van der Waals surface area contributed by atoms with Gasteiger partial charge in [0.05, 0.1) is 5.92 Å². The summed E-state index contributed by atoms with van der Waals surface area (Å²) in [7, 11) is 0. The van der Waals surface area contributed by atoms with E-state index in [2.05, 4.69) is 0 Å². The molecule has 1 aromatic rings. The molecule has 2 heterocycles. The molecule has 1 saturated heterocycles. The van der Waals surface area contributed by atoms with Gasteiger partial charge in [0, 0.05) is 18.5 Å². The second-order valence-electron chi connectivity index (χ2n) is 7.73. The molecule has 28 heavy (non-hydrogen) atoms. The van der Waals surface area contributed by atoms with Crippen molar-refractivity contribution in [1.82, 2.24) is 9.80 Å². The number of hydrogen-bond donors (Lipinski definition) is 0. The number of benzene rings is 1. The largest absolute Gasteiger partial charge is 0.443 e. The van der Waals surface area contributed by atoms with Crippen LogP contribution in [0.1, 0.15) is 60.9 Å². The molecule has 3 amide bonds. The monoisotopic (exact) mass is 384 g/mol. The van der Waals surface area contributed by atoms with E-state index in [1.165, 1.54) is 4.90 Å². The number of fused-ring (bicyclic) bond motifs is 1. The number of esters is 1. The zero-order valence-corrected chi connectivity index (χ0v) is 15.8. The Morgan fingerprint density at radius 2 is 1.79 bits per heavy atom. The Bertz CT molecular complexity index is 815. The highest BCUT2D eigenvalue weighted by Crippen LogP contribution is 2.29. The fourth-order valence-corrected chi connectivity index (χ4v) is 4.36. The van der Waals surface area contributed by atoms with E-state index in [4.69, 9.17) is 4.74 Å². The molecule has 4 rings (SSSR count). The Labute approximate surface area is 163 Å². The van der Waals surface area contributed by atoms with Gasteiger partial charge in [-0.1, -0.05) is 37.5 Å². The molecule has 0 N–H and O–H groups in total. The summed E-state index contributed by atoms with van der Waals surface area (Å²) in [6.45, 7) is -0.00617. The first-order valence-corrected chi connectivity index (χ1v) is 9.96. The molecule has 0 spiro atoms. The Morgan fingerprint density at radius 1 is 1.04 bits per heavy atom. The normalized spacial score (nSPS) is 23.1. The van der Waals surface area contributed by atoms with Crippen LogP contribution in [0.4, 0.5) is 0 Å². The van der Waals surface area contributed by atoms with Crippen molar-refractivity contribution < 1.29 is 23.9 Å². The molecule has 0 radical (unpaired) electrons. The minimum Gasteiger partial charge on any atom is -0.443 e. The molecule has 2 aliphatic heterocycles. The molecular formula is C21H24N2O5. The van der Waals surface area contributed by atoms with Gasteiger partial charge in [0.1, 0.15) is 6.04 Å². The number of piperidine rings is 1. The third-order valence-electron chi connectivity index (χ3n) is 5.98. The summed E-state index contributed by atoms with van der Waals surface area (Å²) in [5.41, 5.74) is 1.48. The van der Waals surface area contributed by atoms with Crippen LogP contribution >= 0.6 is 0 Å². The van der Waals surface area contributed by atoms with Crippen molar-refractivity contribution >= 4 is 23.7 Å². The summed E-state index contributed by atoms with van der Waals surface area (Å²) < 4.78 is 5.30. The number of ether oxygens (including phenoxy) is 1. The molecule has 0 bridgehead atoms. The van der Waals surface area contributed by atoms with Gasteiger partial charge in [0.25, 0.3) is 11.8 Å². The molecule has 7 heteroatoms. The van der Waals surface area contributed by atoms with Crippen molar-refractivity contribution in [3.05, 3.63) is 35.4 Å². The fraction of sp³-hybridized carbons (Fsp3) is 0.524. The molecule has 1 aliphatic carbocycles. The molecule has 1 atom stereocenters. The lowest BCUT2D eigenvalue weighted by Crippen LogP contribution is -2.55. The van der Waals surface area contributed by atoms with E-state index >= 15 is 0 Å². The van der Waals surface area contributed by atoms with Crippen LogP contribution < -0.4 is 0 Å². The number of carbonyl (C=O) groups is 4. The molecule has 1 aromatic carbocycles. The van der Waals surface area contributed by atoms with Crippen LogP contribution in [0.2, 0.25) is 0 Å². The number of likely N-dealkylation sites (tertiary alicyclic amines) is 1. The molecule has 3 aliphatic rings. The Kier molecular flexibility index (Phi) is 5.15. The lowest BCUT2D eigenvalue weighted by molar-refractivity contribution is -0.166. The molecule has 0 aromatic heterocycles. The smallest absolute Gasteiger partial charge is 0.310 e. The summed E-state index contributed by atoms with van der Waals surface area (Å²) in [4.78, 5) is 52.7. The van der Waals surface area contributed by atoms with E-state index in [1.54, 1.807) is 12.1 Å². The molecule has 7 nitrogen and oxygen atoms in total. The molecule has 1 saturated carbocycles. The van der Waals surface area contributed by atoms with Crippen LogP contribution in [-0.2, 0) is 25.7 Å². The Hall–Kier alpha value is -2.70. The third-order valence-corrected chi connectivity index (χ3v) is 5.98. The van der Waals surface area contributed by atoms with E-state index in [-0.39, 0.29) is 36.9 Å². The van der Waals surface area contributed by atoms with E-state index in [0.29, 0.717) is 18.5 Å². The molecule has 148 valence electrons. The van der Waals surface area contributed by atoms with Crippen molar-refractivity contribution in [2.45, 2.75) is 57.5 Å². The maximum Gasteiger partial charge on any atom is 0.310 e. The van der Waals surface area contributed by atoms with Gasteiger partial charge >= 0.3 is 5.97 Å². The van der Waals surface area contributed by atoms with Crippen molar-refractivity contribution in [1.29, 1.82) is 0 Å². The highest BCUT2D eigenvalue weighted by molar-refractivity contribution is 6.05. The number of rotatable bonds is 4. The zero-order chi connectivity index (χ0) is 19.7. The van der Waals surface area contributed by atoms with Gasteiger partial charge in [-0.2, -0.15) is 0 Å². The van der Waals surface area contributed by atoms with Gasteiger partial charge in [0.15, 0.2) is 6.73 Å². The third kappa shape index (κ3) is 3.41. The lowest BCUT2D eigenvalue weighted by atomic mass is 9.89. The number of carbonyl (C=O) groups excluding carboxylic acids is 4. The van der Waals surface area contributed by atoms with Crippen molar-refractivity contribution in [3.63, 3.8) is 0 Å². The molecule has 1 unspecified atom stereocenters. The van der Waals surface area contributed by atoms with E-state index in [9.17, 15) is 19.2 Å². The van der Waals surface area contributed by atoms with Crippen molar-refractivity contribution in [2.24, 2.45) is 5.92 Å². The van der Waals surface area contributed by atoms with Gasteiger partial charge in [-0.05, 0) is 30.9 Å². The van der Waals surface area contributed by atoms with Crippen LogP contribution in [0, 0.1) is 5.92 Å². The van der Waals surface area contributed by atoms with Gasteiger partial charge in [-0.15, -0.1) is 0 Å². The van der Waals surface area contributed by atoms with Crippen LogP contribution in [0.15, 0.2) is 24.3 Å². The first-order valence-electron chi connectivity index (χ1n) is 9.96. The summed E-state index contributed by atoms with van der Waals surface area (Å²) in [5, 5.41) is 0. The van der Waals surface area contributed by atoms with Gasteiger partial charge in [-0.25, -0.2) is 4.90 Å². The maximum atomic E-state index is 12.9.